The molecule has 0 bridgehead atoms. The van der Waals surface area contributed by atoms with Crippen LogP contribution in [0, 0.1) is 0 Å². The predicted molar refractivity (Wildman–Crippen MR) is 51.2 cm³/mol. The maximum Gasteiger partial charge on any atom is 0.285 e. The lowest BCUT2D eigenvalue weighted by Crippen LogP contribution is -2.24. The van der Waals surface area contributed by atoms with Crippen LogP contribution in [0.25, 0.3) is 0 Å². The zero-order valence-corrected chi connectivity index (χ0v) is 8.07. The number of hydrogen-bond acceptors (Lipinski definition) is 2. The van der Waals surface area contributed by atoms with Crippen molar-refractivity contribution in [1.29, 1.82) is 0 Å². The van der Waals surface area contributed by atoms with E-state index < -0.39 is 12.5 Å². The molecule has 0 aliphatic carbocycles. The van der Waals surface area contributed by atoms with Crippen molar-refractivity contribution in [2.45, 2.75) is 10.8 Å². The van der Waals surface area contributed by atoms with Gasteiger partial charge in [-0.15, -0.1) is 11.8 Å². The molecule has 0 aliphatic rings. The predicted octanol–water partition coefficient (Wildman–Crippen LogP) is 2.46. The van der Waals surface area contributed by atoms with Crippen LogP contribution in [0.1, 0.15) is 5.56 Å². The van der Waals surface area contributed by atoms with Crippen LogP contribution in [-0.2, 0) is 5.92 Å². The Morgan fingerprint density at radius 2 is 1.85 bits per heavy atom. The Morgan fingerprint density at radius 3 is 2.23 bits per heavy atom. The molecule has 0 radical (unpaired) electrons. The molecule has 72 valence electrons. The van der Waals surface area contributed by atoms with E-state index in [0.717, 1.165) is 4.90 Å². The third kappa shape index (κ3) is 2.42. The summed E-state index contributed by atoms with van der Waals surface area (Å²) in [7, 11) is 0. The Kier molecular flexibility index (Phi) is 3.27. The number of thioether (sulfide) groups is 1. The van der Waals surface area contributed by atoms with E-state index in [1.54, 1.807) is 12.1 Å². The van der Waals surface area contributed by atoms with E-state index in [4.69, 9.17) is 5.73 Å². The first-order chi connectivity index (χ1) is 6.10. The van der Waals surface area contributed by atoms with Gasteiger partial charge in [0.1, 0.15) is 0 Å². The van der Waals surface area contributed by atoms with E-state index in [1.165, 1.54) is 23.9 Å². The van der Waals surface area contributed by atoms with Crippen LogP contribution in [0.4, 0.5) is 8.78 Å². The van der Waals surface area contributed by atoms with E-state index in [2.05, 4.69) is 0 Å². The van der Waals surface area contributed by atoms with Gasteiger partial charge in [0.05, 0.1) is 6.54 Å². The fourth-order valence-electron chi connectivity index (χ4n) is 0.953. The minimum absolute atomic E-state index is 0.0206. The van der Waals surface area contributed by atoms with Gasteiger partial charge in [0.25, 0.3) is 5.92 Å². The highest BCUT2D eigenvalue weighted by Gasteiger charge is 2.28. The van der Waals surface area contributed by atoms with Gasteiger partial charge in [-0.2, -0.15) is 8.78 Å². The van der Waals surface area contributed by atoms with Crippen molar-refractivity contribution in [2.75, 3.05) is 12.8 Å². The van der Waals surface area contributed by atoms with Gasteiger partial charge in [-0.25, -0.2) is 0 Å². The molecule has 0 aromatic heterocycles. The second-order valence-electron chi connectivity index (χ2n) is 2.64. The molecule has 13 heavy (non-hydrogen) atoms. The van der Waals surface area contributed by atoms with E-state index >= 15 is 0 Å². The van der Waals surface area contributed by atoms with E-state index in [1.807, 2.05) is 6.26 Å². The summed E-state index contributed by atoms with van der Waals surface area (Å²) in [6, 6.07) is 6.17. The molecular formula is C9H11F2NS. The van der Waals surface area contributed by atoms with E-state index in [9.17, 15) is 8.78 Å². The fourth-order valence-corrected chi connectivity index (χ4v) is 1.36. The first-order valence-electron chi connectivity index (χ1n) is 3.82. The van der Waals surface area contributed by atoms with Crippen LogP contribution in [-0.4, -0.2) is 12.8 Å². The Balaban J connectivity index is 2.92. The molecule has 0 fully saturated rings. The van der Waals surface area contributed by atoms with Gasteiger partial charge >= 0.3 is 0 Å². The summed E-state index contributed by atoms with van der Waals surface area (Å²) >= 11 is 1.52. The number of alkyl halides is 2. The molecule has 0 amide bonds. The molecule has 0 saturated carbocycles. The summed E-state index contributed by atoms with van der Waals surface area (Å²) < 4.78 is 26.0. The Morgan fingerprint density at radius 1 is 1.31 bits per heavy atom. The smallest absolute Gasteiger partial charge is 0.285 e. The summed E-state index contributed by atoms with van der Waals surface area (Å²) in [5.41, 5.74) is 4.93. The first kappa shape index (κ1) is 10.5. The van der Waals surface area contributed by atoms with Gasteiger partial charge in [0, 0.05) is 10.5 Å². The first-order valence-corrected chi connectivity index (χ1v) is 5.05. The standard InChI is InChI=1S/C9H11F2NS/c1-13-8-4-2-7(3-5-8)9(10,11)6-12/h2-5H,6,12H2,1H3. The highest BCUT2D eigenvalue weighted by molar-refractivity contribution is 7.98. The molecular weight excluding hydrogens is 192 g/mol. The maximum absolute atomic E-state index is 13.0. The van der Waals surface area contributed by atoms with Gasteiger partial charge in [-0.05, 0) is 18.4 Å². The quantitative estimate of drug-likeness (QED) is 0.764. The van der Waals surface area contributed by atoms with Gasteiger partial charge in [-0.1, -0.05) is 12.1 Å². The number of rotatable bonds is 3. The summed E-state index contributed by atoms with van der Waals surface area (Å²) in [6.45, 7) is -0.647. The average molecular weight is 203 g/mol. The maximum atomic E-state index is 13.0. The molecule has 0 saturated heterocycles. The molecule has 0 spiro atoms. The molecule has 1 rings (SSSR count). The molecule has 4 heteroatoms. The van der Waals surface area contributed by atoms with E-state index in [-0.39, 0.29) is 5.56 Å². The number of halogens is 2. The second kappa shape index (κ2) is 4.07. The third-order valence-corrected chi connectivity index (χ3v) is 2.51. The average Bonchev–Trinajstić information content (AvgIpc) is 2.18. The summed E-state index contributed by atoms with van der Waals surface area (Å²) in [4.78, 5) is 0.969. The molecule has 0 unspecified atom stereocenters. The van der Waals surface area contributed by atoms with Crippen molar-refractivity contribution in [3.63, 3.8) is 0 Å². The monoisotopic (exact) mass is 203 g/mol. The zero-order chi connectivity index (χ0) is 9.90. The van der Waals surface area contributed by atoms with E-state index in [0.29, 0.717) is 0 Å². The number of nitrogens with two attached hydrogens (primary N) is 1. The molecule has 2 N–H and O–H groups in total. The lowest BCUT2D eigenvalue weighted by Gasteiger charge is -2.13. The van der Waals surface area contributed by atoms with Crippen molar-refractivity contribution in [3.8, 4) is 0 Å². The van der Waals surface area contributed by atoms with Gasteiger partial charge in [-0.3, -0.25) is 0 Å². The van der Waals surface area contributed by atoms with Crippen LogP contribution in [0.5, 0.6) is 0 Å². The van der Waals surface area contributed by atoms with Gasteiger partial charge in [0.15, 0.2) is 0 Å². The number of benzene rings is 1. The highest BCUT2D eigenvalue weighted by atomic mass is 32.2. The van der Waals surface area contributed by atoms with Crippen molar-refractivity contribution < 1.29 is 8.78 Å². The molecule has 0 atom stereocenters. The Hall–Kier alpha value is -0.610. The molecule has 0 aliphatic heterocycles. The highest BCUT2D eigenvalue weighted by Crippen LogP contribution is 2.27. The molecule has 1 aromatic carbocycles. The normalized spacial score (nSPS) is 11.7. The van der Waals surface area contributed by atoms with Crippen molar-refractivity contribution in [3.05, 3.63) is 29.8 Å². The van der Waals surface area contributed by atoms with Crippen molar-refractivity contribution in [2.24, 2.45) is 5.73 Å². The van der Waals surface area contributed by atoms with Crippen molar-refractivity contribution in [1.82, 2.24) is 0 Å². The lowest BCUT2D eigenvalue weighted by atomic mass is 10.1. The molecule has 1 nitrogen and oxygen atoms in total. The van der Waals surface area contributed by atoms with Crippen LogP contribution in [0.3, 0.4) is 0 Å². The van der Waals surface area contributed by atoms with Crippen molar-refractivity contribution >= 4 is 11.8 Å². The van der Waals surface area contributed by atoms with Gasteiger partial charge in [0.2, 0.25) is 0 Å². The summed E-state index contributed by atoms with van der Waals surface area (Å²) in [6.07, 6.45) is 1.90. The summed E-state index contributed by atoms with van der Waals surface area (Å²) in [5.74, 6) is -2.91. The van der Waals surface area contributed by atoms with Crippen LogP contribution in [0.15, 0.2) is 29.2 Å². The number of hydrogen-bond donors (Lipinski definition) is 1. The topological polar surface area (TPSA) is 26.0 Å². The Labute approximate surface area is 80.3 Å². The second-order valence-corrected chi connectivity index (χ2v) is 3.52. The lowest BCUT2D eigenvalue weighted by molar-refractivity contribution is 0.00590. The largest absolute Gasteiger partial charge is 0.325 e. The Bertz CT molecular complexity index is 271. The van der Waals surface area contributed by atoms with Crippen LogP contribution in [0.2, 0.25) is 0 Å². The SMILES string of the molecule is CSc1ccc(C(F)(F)CN)cc1. The zero-order valence-electron chi connectivity index (χ0n) is 7.26. The minimum Gasteiger partial charge on any atom is -0.325 e. The van der Waals surface area contributed by atoms with Gasteiger partial charge < -0.3 is 5.73 Å². The molecule has 1 aromatic rings. The summed E-state index contributed by atoms with van der Waals surface area (Å²) in [5, 5.41) is 0. The van der Waals surface area contributed by atoms with Crippen LogP contribution < -0.4 is 5.73 Å². The third-order valence-electron chi connectivity index (χ3n) is 1.77. The minimum atomic E-state index is -2.91. The fraction of sp³-hybridized carbons (Fsp3) is 0.333. The molecule has 0 heterocycles. The van der Waals surface area contributed by atoms with Crippen LogP contribution >= 0.6 is 11.8 Å².